The molecule has 0 amide bonds. The first kappa shape index (κ1) is 18.9. The van der Waals surface area contributed by atoms with E-state index in [1.165, 1.54) is 32.1 Å². The predicted molar refractivity (Wildman–Crippen MR) is 113 cm³/mol. The van der Waals surface area contributed by atoms with Crippen molar-refractivity contribution in [3.05, 3.63) is 76.3 Å². The van der Waals surface area contributed by atoms with Crippen molar-refractivity contribution in [2.24, 2.45) is 0 Å². The molecule has 1 aliphatic carbocycles. The van der Waals surface area contributed by atoms with Crippen LogP contribution in [0.1, 0.15) is 62.9 Å². The molecule has 146 valence electrons. The fraction of sp³-hybridized carbons (Fsp3) is 0.417. The lowest BCUT2D eigenvalue weighted by Gasteiger charge is -2.26. The largest absolute Gasteiger partial charge is 0.335 e. The summed E-state index contributed by atoms with van der Waals surface area (Å²) in [6.07, 6.45) is 7.50. The number of hydrogen-bond donors (Lipinski definition) is 1. The molecule has 4 rings (SSSR count). The van der Waals surface area contributed by atoms with E-state index in [9.17, 15) is 4.79 Å². The summed E-state index contributed by atoms with van der Waals surface area (Å²) in [7, 11) is 0. The van der Waals surface area contributed by atoms with Crippen LogP contribution in [0.2, 0.25) is 0 Å². The van der Waals surface area contributed by atoms with Gasteiger partial charge < -0.3 is 5.32 Å². The van der Waals surface area contributed by atoms with Gasteiger partial charge in [0.1, 0.15) is 6.04 Å². The lowest BCUT2D eigenvalue weighted by Crippen LogP contribution is -2.91. The van der Waals surface area contributed by atoms with E-state index in [2.05, 4.69) is 24.4 Å². The Morgan fingerprint density at radius 2 is 1.75 bits per heavy atom. The molecule has 28 heavy (non-hydrogen) atoms. The van der Waals surface area contributed by atoms with Gasteiger partial charge >= 0.3 is 0 Å². The molecule has 0 unspecified atom stereocenters. The molecule has 3 aromatic rings. The summed E-state index contributed by atoms with van der Waals surface area (Å²) < 4.78 is 1.91. The highest BCUT2D eigenvalue weighted by molar-refractivity contribution is 5.77. The van der Waals surface area contributed by atoms with Crippen molar-refractivity contribution in [1.29, 1.82) is 0 Å². The molecule has 1 saturated carbocycles. The minimum Gasteiger partial charge on any atom is -0.335 e. The molecule has 2 aromatic carbocycles. The van der Waals surface area contributed by atoms with Crippen LogP contribution < -0.4 is 10.9 Å². The number of nitrogens with two attached hydrogens (primary N) is 1. The molecule has 0 aliphatic heterocycles. The van der Waals surface area contributed by atoms with Gasteiger partial charge in [0.05, 0.1) is 23.5 Å². The highest BCUT2D eigenvalue weighted by atomic mass is 16.1. The van der Waals surface area contributed by atoms with Crippen molar-refractivity contribution in [1.82, 2.24) is 9.55 Å². The van der Waals surface area contributed by atoms with E-state index >= 15 is 0 Å². The third kappa shape index (κ3) is 4.02. The maximum absolute atomic E-state index is 13.4. The second kappa shape index (κ2) is 8.70. The zero-order valence-corrected chi connectivity index (χ0v) is 16.7. The summed E-state index contributed by atoms with van der Waals surface area (Å²) in [6, 6.07) is 18.8. The van der Waals surface area contributed by atoms with Crippen molar-refractivity contribution >= 4 is 10.9 Å². The molecule has 1 aliphatic rings. The number of aromatic nitrogens is 2. The maximum atomic E-state index is 13.4. The van der Waals surface area contributed by atoms with Gasteiger partial charge in [0.15, 0.2) is 5.82 Å². The SMILES string of the molecule is CC[C@H]([NH2+]C1CCCCC1)c1nc2ccccc2c(=O)n1Cc1ccccc1. The number of fused-ring (bicyclic) bond motifs is 1. The van der Waals surface area contributed by atoms with Gasteiger partial charge in [-0.15, -0.1) is 0 Å². The van der Waals surface area contributed by atoms with Crippen LogP contribution in [-0.2, 0) is 6.54 Å². The Balaban J connectivity index is 1.77. The second-order valence-electron chi connectivity index (χ2n) is 7.97. The lowest BCUT2D eigenvalue weighted by atomic mass is 9.94. The van der Waals surface area contributed by atoms with Gasteiger partial charge in [-0.3, -0.25) is 9.36 Å². The molecule has 1 aromatic heterocycles. The summed E-state index contributed by atoms with van der Waals surface area (Å²) in [4.78, 5) is 18.4. The van der Waals surface area contributed by atoms with Crippen LogP contribution in [0.4, 0.5) is 0 Å². The lowest BCUT2D eigenvalue weighted by molar-refractivity contribution is -0.731. The van der Waals surface area contributed by atoms with E-state index < -0.39 is 0 Å². The molecule has 2 N–H and O–H groups in total. The highest BCUT2D eigenvalue weighted by Gasteiger charge is 2.26. The van der Waals surface area contributed by atoms with Crippen molar-refractivity contribution in [2.75, 3.05) is 0 Å². The molecule has 4 nitrogen and oxygen atoms in total. The Morgan fingerprint density at radius 3 is 2.50 bits per heavy atom. The van der Waals surface area contributed by atoms with Crippen molar-refractivity contribution in [2.45, 2.75) is 64.1 Å². The molecule has 0 bridgehead atoms. The summed E-state index contributed by atoms with van der Waals surface area (Å²) in [6.45, 7) is 2.78. The average molecular weight is 377 g/mol. The molecule has 0 spiro atoms. The van der Waals surface area contributed by atoms with Crippen LogP contribution in [-0.4, -0.2) is 15.6 Å². The van der Waals surface area contributed by atoms with Crippen LogP contribution in [0.25, 0.3) is 10.9 Å². The predicted octanol–water partition coefficient (Wildman–Crippen LogP) is 3.79. The number of hydrogen-bond acceptors (Lipinski definition) is 2. The van der Waals surface area contributed by atoms with E-state index in [1.54, 1.807) is 0 Å². The number of quaternary nitrogens is 1. The van der Waals surface area contributed by atoms with Crippen LogP contribution in [0, 0.1) is 0 Å². The first-order valence-electron chi connectivity index (χ1n) is 10.6. The summed E-state index contributed by atoms with van der Waals surface area (Å²) >= 11 is 0. The summed E-state index contributed by atoms with van der Waals surface area (Å²) in [5, 5.41) is 3.19. The Hall–Kier alpha value is -2.46. The number of benzene rings is 2. The molecule has 1 fully saturated rings. The van der Waals surface area contributed by atoms with Gasteiger partial charge in [-0.25, -0.2) is 4.98 Å². The average Bonchev–Trinajstić information content (AvgIpc) is 2.75. The van der Waals surface area contributed by atoms with Crippen molar-refractivity contribution < 1.29 is 5.32 Å². The molecule has 1 atom stereocenters. The van der Waals surface area contributed by atoms with Crippen LogP contribution in [0.15, 0.2) is 59.4 Å². The standard InChI is InChI=1S/C24H29N3O/c1-2-21(25-19-13-7-4-8-14-19)23-26-22-16-10-9-15-20(22)24(28)27(23)17-18-11-5-3-6-12-18/h3,5-6,9-12,15-16,19,21,25H,2,4,7-8,13-14,17H2,1H3/p+1/t21-/m0/s1. The molecule has 1 heterocycles. The van der Waals surface area contributed by atoms with E-state index in [4.69, 9.17) is 4.98 Å². The number of nitrogens with zero attached hydrogens (tertiary/aromatic N) is 2. The molecular weight excluding hydrogens is 346 g/mol. The van der Waals surface area contributed by atoms with E-state index in [-0.39, 0.29) is 11.6 Å². The molecule has 4 heteroatoms. The monoisotopic (exact) mass is 376 g/mol. The third-order valence-electron chi connectivity index (χ3n) is 6.00. The Labute approximate surface area is 166 Å². The number of para-hydroxylation sites is 1. The van der Waals surface area contributed by atoms with Gasteiger partial charge in [0, 0.05) is 6.42 Å². The zero-order chi connectivity index (χ0) is 19.3. The fourth-order valence-corrected chi connectivity index (χ4v) is 4.45. The molecule has 0 radical (unpaired) electrons. The normalized spacial score (nSPS) is 16.3. The van der Waals surface area contributed by atoms with Gasteiger partial charge in [-0.05, 0) is 43.4 Å². The van der Waals surface area contributed by atoms with Crippen molar-refractivity contribution in [3.8, 4) is 0 Å². The second-order valence-corrected chi connectivity index (χ2v) is 7.97. The minimum atomic E-state index is 0.0694. The smallest absolute Gasteiger partial charge is 0.261 e. The van der Waals surface area contributed by atoms with Gasteiger partial charge in [0.25, 0.3) is 5.56 Å². The van der Waals surface area contributed by atoms with Crippen LogP contribution >= 0.6 is 0 Å². The molecule has 0 saturated heterocycles. The zero-order valence-electron chi connectivity index (χ0n) is 16.7. The van der Waals surface area contributed by atoms with Gasteiger partial charge in [0.2, 0.25) is 0 Å². The quantitative estimate of drug-likeness (QED) is 0.712. The Kier molecular flexibility index (Phi) is 5.87. The first-order chi connectivity index (χ1) is 13.8. The maximum Gasteiger partial charge on any atom is 0.261 e. The topological polar surface area (TPSA) is 51.5 Å². The van der Waals surface area contributed by atoms with Gasteiger partial charge in [-0.1, -0.05) is 55.8 Å². The van der Waals surface area contributed by atoms with E-state index in [0.717, 1.165) is 23.3 Å². The van der Waals surface area contributed by atoms with Crippen LogP contribution in [0.3, 0.4) is 0 Å². The Bertz CT molecular complexity index is 974. The summed E-state index contributed by atoms with van der Waals surface area (Å²) in [5.41, 5.74) is 2.01. The molecular formula is C24H30N3O+. The first-order valence-corrected chi connectivity index (χ1v) is 10.6. The third-order valence-corrected chi connectivity index (χ3v) is 6.00. The summed E-state index contributed by atoms with van der Waals surface area (Å²) in [5.74, 6) is 0.917. The fourth-order valence-electron chi connectivity index (χ4n) is 4.45. The van der Waals surface area contributed by atoms with Crippen LogP contribution in [0.5, 0.6) is 0 Å². The number of rotatable bonds is 6. The highest BCUT2D eigenvalue weighted by Crippen LogP contribution is 2.19. The Morgan fingerprint density at radius 1 is 1.04 bits per heavy atom. The van der Waals surface area contributed by atoms with Crippen molar-refractivity contribution in [3.63, 3.8) is 0 Å². The van der Waals surface area contributed by atoms with Gasteiger partial charge in [-0.2, -0.15) is 0 Å². The minimum absolute atomic E-state index is 0.0694. The van der Waals surface area contributed by atoms with E-state index in [0.29, 0.717) is 18.0 Å². The van der Waals surface area contributed by atoms with E-state index in [1.807, 2.05) is 47.0 Å².